The molecule has 5 heteroatoms. The number of halogens is 1. The molecule has 0 saturated heterocycles. The highest BCUT2D eigenvalue weighted by Crippen LogP contribution is 2.69. The van der Waals surface area contributed by atoms with Crippen molar-refractivity contribution >= 4 is 11.8 Å². The number of aliphatic hydroxyl groups excluding tert-OH is 1. The molecule has 4 aliphatic rings. The first-order valence-electron chi connectivity index (χ1n) is 13.0. The number of hydrogen-bond donors (Lipinski definition) is 1. The van der Waals surface area contributed by atoms with Crippen molar-refractivity contribution in [2.75, 3.05) is 7.11 Å². The minimum absolute atomic E-state index is 0.139. The predicted octanol–water partition coefficient (Wildman–Crippen LogP) is 5.36. The maximum absolute atomic E-state index is 15.3. The van der Waals surface area contributed by atoms with Crippen LogP contribution in [0.3, 0.4) is 0 Å². The Hall–Kier alpha value is -0.970. The van der Waals surface area contributed by atoms with Gasteiger partial charge in [-0.3, -0.25) is 9.59 Å². The summed E-state index contributed by atoms with van der Waals surface area (Å²) in [7, 11) is 1.45. The highest BCUT2D eigenvalue weighted by Gasteiger charge is 2.66. The van der Waals surface area contributed by atoms with E-state index in [1.807, 2.05) is 0 Å². The molecule has 32 heavy (non-hydrogen) atoms. The van der Waals surface area contributed by atoms with Crippen LogP contribution in [0.4, 0.5) is 4.39 Å². The SMILES string of the molecule is CC[C@H]1C(O)C2C3CCC([C@H](C)CCC(=O)OC)[C@@]3(C)CCC2[C@@]2(C)CCC(=O)[C@H](F)[C@@H]12. The number of carbonyl (C=O) groups excluding carboxylic acids is 2. The molecule has 0 bridgehead atoms. The molecular formula is C27H43FO4. The van der Waals surface area contributed by atoms with E-state index in [2.05, 4.69) is 27.7 Å². The van der Waals surface area contributed by atoms with Gasteiger partial charge < -0.3 is 9.84 Å². The normalized spacial score (nSPS) is 49.0. The van der Waals surface area contributed by atoms with Crippen molar-refractivity contribution in [3.8, 4) is 0 Å². The summed E-state index contributed by atoms with van der Waals surface area (Å²) in [5.41, 5.74) is -0.0490. The molecule has 0 spiro atoms. The van der Waals surface area contributed by atoms with Crippen molar-refractivity contribution in [2.45, 2.75) is 97.8 Å². The van der Waals surface area contributed by atoms with Gasteiger partial charge >= 0.3 is 5.97 Å². The van der Waals surface area contributed by atoms with E-state index in [1.54, 1.807) is 0 Å². The molecule has 0 amide bonds. The standard InChI is InChI=1S/C27H43FO4/c1-6-16-23-24(28)20(29)12-14-27(23,4)19-11-13-26(3)17(15(2)7-10-21(30)32-5)8-9-18(26)22(19)25(16)31/h15-19,22-25,31H,6-14H2,1-5H3/t15-,16-,17?,18?,19?,22?,23-,24+,25?,26-,27-/m1/s1. The molecule has 0 aromatic rings. The lowest BCUT2D eigenvalue weighted by molar-refractivity contribution is -0.207. The van der Waals surface area contributed by atoms with Crippen LogP contribution in [0.5, 0.6) is 0 Å². The topological polar surface area (TPSA) is 63.6 Å². The zero-order valence-electron chi connectivity index (χ0n) is 20.6. The maximum Gasteiger partial charge on any atom is 0.305 e. The molecule has 1 N–H and O–H groups in total. The summed E-state index contributed by atoms with van der Waals surface area (Å²) in [5, 5.41) is 11.7. The Kier molecular flexibility index (Phi) is 6.55. The molecule has 5 unspecified atom stereocenters. The summed E-state index contributed by atoms with van der Waals surface area (Å²) in [6.45, 7) is 8.98. The number of alkyl halides is 1. The number of fused-ring (bicyclic) bond motifs is 5. The fraction of sp³-hybridized carbons (Fsp3) is 0.926. The van der Waals surface area contributed by atoms with Crippen LogP contribution in [0.25, 0.3) is 0 Å². The van der Waals surface area contributed by atoms with Crippen LogP contribution in [0, 0.1) is 52.3 Å². The summed E-state index contributed by atoms with van der Waals surface area (Å²) in [5.74, 6) is 1.02. The van der Waals surface area contributed by atoms with E-state index in [9.17, 15) is 14.7 Å². The van der Waals surface area contributed by atoms with E-state index in [0.29, 0.717) is 36.5 Å². The summed E-state index contributed by atoms with van der Waals surface area (Å²) in [4.78, 5) is 24.0. The Labute approximate surface area is 193 Å². The van der Waals surface area contributed by atoms with Crippen LogP contribution in [-0.4, -0.2) is 36.2 Å². The zero-order chi connectivity index (χ0) is 23.4. The van der Waals surface area contributed by atoms with E-state index in [4.69, 9.17) is 4.74 Å². The highest BCUT2D eigenvalue weighted by atomic mass is 19.1. The van der Waals surface area contributed by atoms with E-state index >= 15 is 4.39 Å². The number of Topliss-reactive ketones (excluding diaryl/α,β-unsaturated/α-hetero) is 1. The van der Waals surface area contributed by atoms with Crippen molar-refractivity contribution in [1.29, 1.82) is 0 Å². The molecule has 0 aliphatic heterocycles. The monoisotopic (exact) mass is 450 g/mol. The molecule has 4 saturated carbocycles. The predicted molar refractivity (Wildman–Crippen MR) is 121 cm³/mol. The van der Waals surface area contributed by atoms with Gasteiger partial charge in [-0.2, -0.15) is 0 Å². The van der Waals surface area contributed by atoms with Crippen LogP contribution < -0.4 is 0 Å². The average Bonchev–Trinajstić information content (AvgIpc) is 3.13. The van der Waals surface area contributed by atoms with Gasteiger partial charge in [-0.25, -0.2) is 4.39 Å². The number of methoxy groups -OCH3 is 1. The van der Waals surface area contributed by atoms with Gasteiger partial charge in [0, 0.05) is 18.8 Å². The van der Waals surface area contributed by atoms with Gasteiger partial charge in [0.25, 0.3) is 0 Å². The van der Waals surface area contributed by atoms with E-state index < -0.39 is 12.3 Å². The largest absolute Gasteiger partial charge is 0.469 e. The lowest BCUT2D eigenvalue weighted by Crippen LogP contribution is -2.64. The van der Waals surface area contributed by atoms with Gasteiger partial charge in [0.1, 0.15) is 0 Å². The van der Waals surface area contributed by atoms with Gasteiger partial charge in [0.05, 0.1) is 13.2 Å². The van der Waals surface area contributed by atoms with Crippen LogP contribution in [-0.2, 0) is 14.3 Å². The van der Waals surface area contributed by atoms with Gasteiger partial charge in [0.2, 0.25) is 0 Å². The van der Waals surface area contributed by atoms with Gasteiger partial charge in [0.15, 0.2) is 12.0 Å². The lowest BCUT2D eigenvalue weighted by atomic mass is 9.41. The number of ketones is 1. The average molecular weight is 451 g/mol. The third-order valence-electron chi connectivity index (χ3n) is 11.0. The quantitative estimate of drug-likeness (QED) is 0.573. The van der Waals surface area contributed by atoms with E-state index in [-0.39, 0.29) is 40.3 Å². The summed E-state index contributed by atoms with van der Waals surface area (Å²) < 4.78 is 20.2. The Balaban J connectivity index is 1.61. The first-order chi connectivity index (χ1) is 15.1. The Morgan fingerprint density at radius 1 is 1.19 bits per heavy atom. The maximum atomic E-state index is 15.3. The number of carbonyl (C=O) groups is 2. The van der Waals surface area contributed by atoms with E-state index in [1.165, 1.54) is 7.11 Å². The zero-order valence-corrected chi connectivity index (χ0v) is 20.6. The molecule has 4 aliphatic carbocycles. The molecule has 4 fully saturated rings. The molecule has 4 rings (SSSR count). The third-order valence-corrected chi connectivity index (χ3v) is 11.0. The van der Waals surface area contributed by atoms with Crippen molar-refractivity contribution in [3.05, 3.63) is 0 Å². The van der Waals surface area contributed by atoms with Crippen LogP contribution >= 0.6 is 0 Å². The Morgan fingerprint density at radius 3 is 2.53 bits per heavy atom. The van der Waals surface area contributed by atoms with E-state index in [0.717, 1.165) is 44.9 Å². The minimum atomic E-state index is -1.42. The lowest BCUT2D eigenvalue weighted by Gasteiger charge is -2.64. The summed E-state index contributed by atoms with van der Waals surface area (Å²) in [6, 6.07) is 0. The number of esters is 1. The summed E-state index contributed by atoms with van der Waals surface area (Å²) in [6.07, 6.45) is 5.56. The molecule has 4 nitrogen and oxygen atoms in total. The van der Waals surface area contributed by atoms with Crippen molar-refractivity contribution in [2.24, 2.45) is 52.3 Å². The Morgan fingerprint density at radius 2 is 1.88 bits per heavy atom. The fourth-order valence-electron chi connectivity index (χ4n) is 9.43. The third kappa shape index (κ3) is 3.47. The van der Waals surface area contributed by atoms with Crippen LogP contribution in [0.15, 0.2) is 0 Å². The summed E-state index contributed by atoms with van der Waals surface area (Å²) >= 11 is 0. The second-order valence-electron chi connectivity index (χ2n) is 12.1. The van der Waals surface area contributed by atoms with Crippen LogP contribution in [0.1, 0.15) is 85.5 Å². The number of rotatable bonds is 5. The van der Waals surface area contributed by atoms with Crippen molar-refractivity contribution in [1.82, 2.24) is 0 Å². The number of aliphatic hydroxyl groups is 1. The molecule has 0 aromatic carbocycles. The van der Waals surface area contributed by atoms with Crippen molar-refractivity contribution < 1.29 is 23.8 Å². The van der Waals surface area contributed by atoms with Gasteiger partial charge in [-0.05, 0) is 84.9 Å². The Bertz CT molecular complexity index is 739. The first-order valence-corrected chi connectivity index (χ1v) is 13.0. The van der Waals surface area contributed by atoms with Crippen LogP contribution in [0.2, 0.25) is 0 Å². The highest BCUT2D eigenvalue weighted by molar-refractivity contribution is 5.84. The van der Waals surface area contributed by atoms with Gasteiger partial charge in [-0.1, -0.05) is 34.1 Å². The van der Waals surface area contributed by atoms with Gasteiger partial charge in [-0.15, -0.1) is 0 Å². The number of hydrogen-bond acceptors (Lipinski definition) is 4. The molecule has 11 atom stereocenters. The molecule has 0 aromatic heterocycles. The molecular weight excluding hydrogens is 407 g/mol. The molecule has 182 valence electrons. The van der Waals surface area contributed by atoms with Crippen molar-refractivity contribution in [3.63, 3.8) is 0 Å². The smallest absolute Gasteiger partial charge is 0.305 e. The minimum Gasteiger partial charge on any atom is -0.469 e. The molecule has 0 heterocycles. The fourth-order valence-corrected chi connectivity index (χ4v) is 9.43. The second kappa shape index (κ2) is 8.67. The molecule has 0 radical (unpaired) electrons. The first kappa shape index (κ1) is 24.2. The second-order valence-corrected chi connectivity index (χ2v) is 12.1. The number of ether oxygens (including phenoxy) is 1.